The third-order valence-corrected chi connectivity index (χ3v) is 1.83. The van der Waals surface area contributed by atoms with Gasteiger partial charge in [0.25, 0.3) is 0 Å². The van der Waals surface area contributed by atoms with Crippen molar-refractivity contribution >= 4 is 21.9 Å². The zero-order valence-corrected chi connectivity index (χ0v) is 9.96. The molecule has 1 aromatic rings. The normalized spacial score (nSPS) is 11.1. The summed E-state index contributed by atoms with van der Waals surface area (Å²) in [4.78, 5) is 15.4. The summed E-state index contributed by atoms with van der Waals surface area (Å²) in [5.41, 5.74) is -0.00687. The fourth-order valence-corrected chi connectivity index (χ4v) is 1.07. The average Bonchev–Trinajstić information content (AvgIpc) is 2.02. The molecule has 0 aliphatic rings. The van der Waals surface area contributed by atoms with E-state index < -0.39 is 5.60 Å². The Bertz CT molecular complexity index is 327. The molecule has 0 N–H and O–H groups in total. The van der Waals surface area contributed by atoms with Crippen LogP contribution in [0.15, 0.2) is 22.9 Å². The van der Waals surface area contributed by atoms with Crippen molar-refractivity contribution in [1.82, 2.24) is 4.98 Å². The van der Waals surface area contributed by atoms with Crippen molar-refractivity contribution in [2.75, 3.05) is 0 Å². The molecule has 1 rings (SSSR count). The van der Waals surface area contributed by atoms with Gasteiger partial charge in [-0.3, -0.25) is 0 Å². The van der Waals surface area contributed by atoms with Crippen molar-refractivity contribution in [3.63, 3.8) is 0 Å². The van der Waals surface area contributed by atoms with Crippen molar-refractivity contribution < 1.29 is 9.53 Å². The number of carbonyl (C=O) groups is 1. The predicted octanol–water partition coefficient (Wildman–Crippen LogP) is 2.80. The summed E-state index contributed by atoms with van der Waals surface area (Å²) < 4.78 is 5.87. The van der Waals surface area contributed by atoms with E-state index in [1.54, 1.807) is 12.1 Å². The first-order valence-electron chi connectivity index (χ1n) is 4.23. The van der Waals surface area contributed by atoms with Gasteiger partial charge in [0.15, 0.2) is 0 Å². The lowest BCUT2D eigenvalue weighted by Crippen LogP contribution is -2.23. The molecule has 0 spiro atoms. The fourth-order valence-electron chi connectivity index (χ4n) is 0.834. The fraction of sp³-hybridized carbons (Fsp3) is 0.400. The van der Waals surface area contributed by atoms with Crippen molar-refractivity contribution in [2.45, 2.75) is 26.4 Å². The molecule has 0 fully saturated rings. The molecule has 0 amide bonds. The van der Waals surface area contributed by atoms with E-state index in [4.69, 9.17) is 4.74 Å². The molecule has 76 valence electrons. The van der Waals surface area contributed by atoms with Gasteiger partial charge >= 0.3 is 5.97 Å². The highest BCUT2D eigenvalue weighted by molar-refractivity contribution is 9.10. The van der Waals surface area contributed by atoms with Crippen LogP contribution in [0.3, 0.4) is 0 Å². The summed E-state index contributed by atoms with van der Waals surface area (Å²) in [7, 11) is 0. The average molecular weight is 258 g/mol. The van der Waals surface area contributed by atoms with Crippen LogP contribution < -0.4 is 0 Å². The van der Waals surface area contributed by atoms with Gasteiger partial charge < -0.3 is 4.74 Å². The first-order valence-corrected chi connectivity index (χ1v) is 5.03. The maximum atomic E-state index is 11.5. The Kier molecular flexibility index (Phi) is 3.26. The second-order valence-corrected chi connectivity index (χ2v) is 4.68. The van der Waals surface area contributed by atoms with Crippen molar-refractivity contribution in [2.24, 2.45) is 0 Å². The van der Waals surface area contributed by atoms with Crippen LogP contribution in [0.4, 0.5) is 0 Å². The molecule has 0 unspecified atom stereocenters. The van der Waals surface area contributed by atoms with E-state index in [2.05, 4.69) is 20.9 Å². The SMILES string of the molecule is CC(C)(C)OC(=O)c1ccc(Br)nc1. The Balaban J connectivity index is 2.76. The Morgan fingerprint density at radius 3 is 2.50 bits per heavy atom. The molecule has 0 radical (unpaired) electrons. The first-order chi connectivity index (χ1) is 6.38. The number of rotatable bonds is 1. The number of aromatic nitrogens is 1. The maximum Gasteiger partial charge on any atom is 0.340 e. The maximum absolute atomic E-state index is 11.5. The number of pyridine rings is 1. The van der Waals surface area contributed by atoms with Gasteiger partial charge in [-0.15, -0.1) is 0 Å². The van der Waals surface area contributed by atoms with Crippen LogP contribution in [0.25, 0.3) is 0 Å². The second-order valence-electron chi connectivity index (χ2n) is 3.87. The van der Waals surface area contributed by atoms with Gasteiger partial charge in [-0.1, -0.05) is 0 Å². The minimum Gasteiger partial charge on any atom is -0.456 e. The van der Waals surface area contributed by atoms with Gasteiger partial charge in [0, 0.05) is 6.20 Å². The lowest BCUT2D eigenvalue weighted by molar-refractivity contribution is 0.00691. The van der Waals surface area contributed by atoms with E-state index in [-0.39, 0.29) is 5.97 Å². The van der Waals surface area contributed by atoms with E-state index in [1.165, 1.54) is 6.20 Å². The molecule has 1 heterocycles. The molecule has 3 nitrogen and oxygen atoms in total. The quantitative estimate of drug-likeness (QED) is 0.574. The van der Waals surface area contributed by atoms with E-state index in [0.29, 0.717) is 10.2 Å². The van der Waals surface area contributed by atoms with Crippen molar-refractivity contribution in [1.29, 1.82) is 0 Å². The number of carbonyl (C=O) groups excluding carboxylic acids is 1. The van der Waals surface area contributed by atoms with Crippen LogP contribution in [-0.2, 0) is 4.74 Å². The molecule has 0 saturated heterocycles. The number of hydrogen-bond acceptors (Lipinski definition) is 3. The summed E-state index contributed by atoms with van der Waals surface area (Å²) in [6.07, 6.45) is 1.48. The Morgan fingerprint density at radius 2 is 2.07 bits per heavy atom. The minimum atomic E-state index is -0.468. The molecule has 0 atom stereocenters. The number of nitrogens with zero attached hydrogens (tertiary/aromatic N) is 1. The van der Waals surface area contributed by atoms with E-state index in [1.807, 2.05) is 20.8 Å². The summed E-state index contributed by atoms with van der Waals surface area (Å²) in [5, 5.41) is 0. The largest absolute Gasteiger partial charge is 0.456 e. The van der Waals surface area contributed by atoms with Crippen molar-refractivity contribution in [3.05, 3.63) is 28.5 Å². The summed E-state index contributed by atoms with van der Waals surface area (Å²) in [6, 6.07) is 3.38. The molecule has 0 aliphatic heterocycles. The molecular formula is C10H12BrNO2. The van der Waals surface area contributed by atoms with Gasteiger partial charge in [0.1, 0.15) is 10.2 Å². The zero-order valence-electron chi connectivity index (χ0n) is 8.37. The summed E-state index contributed by atoms with van der Waals surface area (Å²) in [6.45, 7) is 5.49. The highest BCUT2D eigenvalue weighted by Gasteiger charge is 2.17. The Hall–Kier alpha value is -0.900. The molecule has 0 aliphatic carbocycles. The Morgan fingerprint density at radius 1 is 1.43 bits per heavy atom. The van der Waals surface area contributed by atoms with Gasteiger partial charge in [-0.25, -0.2) is 9.78 Å². The number of hydrogen-bond donors (Lipinski definition) is 0. The molecular weight excluding hydrogens is 246 g/mol. The number of esters is 1. The van der Waals surface area contributed by atoms with E-state index in [9.17, 15) is 4.79 Å². The lowest BCUT2D eigenvalue weighted by Gasteiger charge is -2.19. The molecule has 4 heteroatoms. The van der Waals surface area contributed by atoms with Crippen LogP contribution >= 0.6 is 15.9 Å². The van der Waals surface area contributed by atoms with Crippen LogP contribution in [0.1, 0.15) is 31.1 Å². The summed E-state index contributed by atoms with van der Waals surface area (Å²) in [5.74, 6) is -0.350. The zero-order chi connectivity index (χ0) is 10.8. The number of ether oxygens (including phenoxy) is 1. The van der Waals surface area contributed by atoms with E-state index >= 15 is 0 Å². The van der Waals surface area contributed by atoms with Crippen LogP contribution in [0.5, 0.6) is 0 Å². The van der Waals surface area contributed by atoms with Gasteiger partial charge in [-0.05, 0) is 48.8 Å². The monoisotopic (exact) mass is 257 g/mol. The Labute approximate surface area is 91.6 Å². The van der Waals surface area contributed by atoms with Crippen LogP contribution in [-0.4, -0.2) is 16.6 Å². The van der Waals surface area contributed by atoms with E-state index in [0.717, 1.165) is 0 Å². The first kappa shape index (κ1) is 11.2. The molecule has 14 heavy (non-hydrogen) atoms. The standard InChI is InChI=1S/C10H12BrNO2/c1-10(2,3)14-9(13)7-4-5-8(11)12-6-7/h4-6H,1-3H3. The predicted molar refractivity (Wildman–Crippen MR) is 57.1 cm³/mol. The highest BCUT2D eigenvalue weighted by Crippen LogP contribution is 2.12. The topological polar surface area (TPSA) is 39.2 Å². The minimum absolute atomic E-state index is 0.350. The van der Waals surface area contributed by atoms with Crippen molar-refractivity contribution in [3.8, 4) is 0 Å². The molecule has 1 aromatic heterocycles. The van der Waals surface area contributed by atoms with Gasteiger partial charge in [0.2, 0.25) is 0 Å². The highest BCUT2D eigenvalue weighted by atomic mass is 79.9. The third-order valence-electron chi connectivity index (χ3n) is 1.36. The smallest absolute Gasteiger partial charge is 0.340 e. The number of halogens is 1. The van der Waals surface area contributed by atoms with Gasteiger partial charge in [0.05, 0.1) is 5.56 Å². The second kappa shape index (κ2) is 4.09. The molecule has 0 saturated carbocycles. The van der Waals surface area contributed by atoms with Crippen LogP contribution in [0, 0.1) is 0 Å². The lowest BCUT2D eigenvalue weighted by atomic mass is 10.2. The third kappa shape index (κ3) is 3.46. The van der Waals surface area contributed by atoms with Gasteiger partial charge in [-0.2, -0.15) is 0 Å². The summed E-state index contributed by atoms with van der Waals surface area (Å²) >= 11 is 3.19. The van der Waals surface area contributed by atoms with Crippen LogP contribution in [0.2, 0.25) is 0 Å². The molecule has 0 aromatic carbocycles. The molecule has 0 bridgehead atoms.